The van der Waals surface area contributed by atoms with Crippen molar-refractivity contribution >= 4 is 12.0 Å². The van der Waals surface area contributed by atoms with Gasteiger partial charge in [0.15, 0.2) is 0 Å². The number of benzene rings is 1. The molecule has 3 rings (SSSR count). The normalized spacial score (nSPS) is 21.5. The fourth-order valence-electron chi connectivity index (χ4n) is 2.36. The third-order valence-corrected chi connectivity index (χ3v) is 3.90. The lowest BCUT2D eigenvalue weighted by atomic mass is 10.1. The van der Waals surface area contributed by atoms with E-state index in [2.05, 4.69) is 10.6 Å². The van der Waals surface area contributed by atoms with Gasteiger partial charge in [-0.3, -0.25) is 4.79 Å². The summed E-state index contributed by atoms with van der Waals surface area (Å²) in [6, 6.07) is 6.99. The van der Waals surface area contributed by atoms with Gasteiger partial charge in [0.2, 0.25) is 0 Å². The van der Waals surface area contributed by atoms with Gasteiger partial charge in [0.25, 0.3) is 0 Å². The maximum atomic E-state index is 11.8. The van der Waals surface area contributed by atoms with E-state index in [-0.39, 0.29) is 18.6 Å². The second kappa shape index (κ2) is 4.70. The van der Waals surface area contributed by atoms with Crippen molar-refractivity contribution in [3.63, 3.8) is 0 Å². The SMILES string of the molecule is O=C(NCC1(C(=O)O)CC1)NC1COc2ccccc21. The average molecular weight is 276 g/mol. The molecular weight excluding hydrogens is 260 g/mol. The number of para-hydroxylation sites is 1. The predicted octanol–water partition coefficient (Wildman–Crippen LogP) is 1.28. The summed E-state index contributed by atoms with van der Waals surface area (Å²) in [5.41, 5.74) is 0.198. The van der Waals surface area contributed by atoms with Crippen LogP contribution in [0.4, 0.5) is 4.79 Å². The van der Waals surface area contributed by atoms with Crippen LogP contribution in [0.5, 0.6) is 5.75 Å². The molecule has 20 heavy (non-hydrogen) atoms. The summed E-state index contributed by atoms with van der Waals surface area (Å²) < 4.78 is 5.47. The monoisotopic (exact) mass is 276 g/mol. The van der Waals surface area contributed by atoms with E-state index >= 15 is 0 Å². The summed E-state index contributed by atoms with van der Waals surface area (Å²) in [7, 11) is 0. The van der Waals surface area contributed by atoms with Crippen LogP contribution in [-0.4, -0.2) is 30.3 Å². The molecule has 2 aliphatic rings. The number of fused-ring (bicyclic) bond motifs is 1. The average Bonchev–Trinajstić information content (AvgIpc) is 3.14. The van der Waals surface area contributed by atoms with Crippen LogP contribution in [-0.2, 0) is 4.79 Å². The van der Waals surface area contributed by atoms with E-state index in [9.17, 15) is 9.59 Å². The number of carbonyl (C=O) groups excluding carboxylic acids is 1. The maximum absolute atomic E-state index is 11.8. The molecule has 3 N–H and O–H groups in total. The predicted molar refractivity (Wildman–Crippen MR) is 70.5 cm³/mol. The molecule has 6 nitrogen and oxygen atoms in total. The van der Waals surface area contributed by atoms with Crippen molar-refractivity contribution in [2.75, 3.05) is 13.2 Å². The molecule has 0 saturated heterocycles. The van der Waals surface area contributed by atoms with E-state index in [4.69, 9.17) is 9.84 Å². The maximum Gasteiger partial charge on any atom is 0.315 e. The van der Waals surface area contributed by atoms with Gasteiger partial charge in [-0.2, -0.15) is 0 Å². The summed E-state index contributed by atoms with van der Waals surface area (Å²) >= 11 is 0. The summed E-state index contributed by atoms with van der Waals surface area (Å²) in [6.07, 6.45) is 1.25. The van der Waals surface area contributed by atoms with Crippen LogP contribution < -0.4 is 15.4 Å². The van der Waals surface area contributed by atoms with E-state index in [0.29, 0.717) is 19.4 Å². The van der Waals surface area contributed by atoms with Gasteiger partial charge in [0, 0.05) is 12.1 Å². The summed E-state index contributed by atoms with van der Waals surface area (Å²) in [4.78, 5) is 22.8. The first-order valence-electron chi connectivity index (χ1n) is 6.60. The molecule has 0 bridgehead atoms. The van der Waals surface area contributed by atoms with E-state index in [1.807, 2.05) is 24.3 Å². The second-order valence-corrected chi connectivity index (χ2v) is 5.31. The first kappa shape index (κ1) is 12.8. The van der Waals surface area contributed by atoms with Crippen LogP contribution in [0, 0.1) is 5.41 Å². The minimum atomic E-state index is -0.840. The molecule has 1 fully saturated rings. The fraction of sp³-hybridized carbons (Fsp3) is 0.429. The smallest absolute Gasteiger partial charge is 0.315 e. The number of ether oxygens (including phenoxy) is 1. The first-order chi connectivity index (χ1) is 9.61. The van der Waals surface area contributed by atoms with Gasteiger partial charge in [-0.25, -0.2) is 4.79 Å². The molecule has 1 aromatic rings. The van der Waals surface area contributed by atoms with Crippen molar-refractivity contribution in [2.24, 2.45) is 5.41 Å². The summed E-state index contributed by atoms with van der Waals surface area (Å²) in [5.74, 6) is -0.0608. The van der Waals surface area contributed by atoms with Gasteiger partial charge in [0.1, 0.15) is 12.4 Å². The summed E-state index contributed by atoms with van der Waals surface area (Å²) in [6.45, 7) is 0.570. The quantitative estimate of drug-likeness (QED) is 0.773. The number of hydrogen-bond acceptors (Lipinski definition) is 3. The molecule has 1 saturated carbocycles. The van der Waals surface area contributed by atoms with E-state index in [0.717, 1.165) is 11.3 Å². The van der Waals surface area contributed by atoms with Crippen LogP contribution in [0.1, 0.15) is 24.4 Å². The first-order valence-corrected chi connectivity index (χ1v) is 6.60. The molecule has 0 radical (unpaired) electrons. The summed E-state index contributed by atoms with van der Waals surface area (Å²) in [5, 5.41) is 14.5. The standard InChI is InChI=1S/C14H16N2O4/c17-12(18)14(5-6-14)8-15-13(19)16-10-7-20-11-4-2-1-3-9(10)11/h1-4,10H,5-8H2,(H,17,18)(H2,15,16,19). The number of carboxylic acid groups (broad SMARTS) is 1. The van der Waals surface area contributed by atoms with E-state index < -0.39 is 11.4 Å². The van der Waals surface area contributed by atoms with Crippen LogP contribution in [0.15, 0.2) is 24.3 Å². The number of amides is 2. The Hall–Kier alpha value is -2.24. The Balaban J connectivity index is 1.54. The molecule has 1 heterocycles. The Kier molecular flexibility index (Phi) is 3.00. The molecule has 1 unspecified atom stereocenters. The van der Waals surface area contributed by atoms with Crippen molar-refractivity contribution in [1.82, 2.24) is 10.6 Å². The van der Waals surface area contributed by atoms with E-state index in [1.165, 1.54) is 0 Å². The molecular formula is C14H16N2O4. The number of urea groups is 1. The number of aliphatic carboxylic acids is 1. The highest BCUT2D eigenvalue weighted by Crippen LogP contribution is 2.45. The zero-order chi connectivity index (χ0) is 14.2. The lowest BCUT2D eigenvalue weighted by Gasteiger charge is -2.15. The molecule has 1 aromatic carbocycles. The Labute approximate surface area is 116 Å². The van der Waals surface area contributed by atoms with Gasteiger partial charge in [-0.05, 0) is 18.9 Å². The molecule has 1 aliphatic heterocycles. The van der Waals surface area contributed by atoms with Crippen molar-refractivity contribution in [3.8, 4) is 5.75 Å². The van der Waals surface area contributed by atoms with Crippen molar-refractivity contribution in [1.29, 1.82) is 0 Å². The zero-order valence-corrected chi connectivity index (χ0v) is 10.9. The third kappa shape index (κ3) is 2.29. The van der Waals surface area contributed by atoms with Gasteiger partial charge in [-0.1, -0.05) is 18.2 Å². The lowest BCUT2D eigenvalue weighted by Crippen LogP contribution is -2.42. The highest BCUT2D eigenvalue weighted by Gasteiger charge is 2.50. The molecule has 2 amide bonds. The van der Waals surface area contributed by atoms with Gasteiger partial charge in [-0.15, -0.1) is 0 Å². The van der Waals surface area contributed by atoms with Crippen LogP contribution in [0.25, 0.3) is 0 Å². The highest BCUT2D eigenvalue weighted by molar-refractivity contribution is 5.80. The highest BCUT2D eigenvalue weighted by atomic mass is 16.5. The molecule has 0 aromatic heterocycles. The number of rotatable bonds is 4. The Morgan fingerprint density at radius 3 is 2.80 bits per heavy atom. The second-order valence-electron chi connectivity index (χ2n) is 5.31. The van der Waals surface area contributed by atoms with Gasteiger partial charge in [0.05, 0.1) is 11.5 Å². The van der Waals surface area contributed by atoms with Crippen molar-refractivity contribution < 1.29 is 19.4 Å². The minimum Gasteiger partial charge on any atom is -0.491 e. The minimum absolute atomic E-state index is 0.170. The Morgan fingerprint density at radius 2 is 2.10 bits per heavy atom. The van der Waals surface area contributed by atoms with Gasteiger partial charge >= 0.3 is 12.0 Å². The molecule has 0 spiro atoms. The number of carbonyl (C=O) groups is 2. The Bertz CT molecular complexity index is 554. The molecule has 1 aliphatic carbocycles. The van der Waals surface area contributed by atoms with Crippen molar-refractivity contribution in [2.45, 2.75) is 18.9 Å². The largest absolute Gasteiger partial charge is 0.491 e. The number of hydrogen-bond donors (Lipinski definition) is 3. The molecule has 1 atom stereocenters. The fourth-order valence-corrected chi connectivity index (χ4v) is 2.36. The number of carboxylic acids is 1. The topological polar surface area (TPSA) is 87.7 Å². The third-order valence-electron chi connectivity index (χ3n) is 3.90. The van der Waals surface area contributed by atoms with Crippen LogP contribution in [0.3, 0.4) is 0 Å². The Morgan fingerprint density at radius 1 is 1.35 bits per heavy atom. The number of nitrogens with one attached hydrogen (secondary N) is 2. The lowest BCUT2D eigenvalue weighted by molar-refractivity contribution is -0.143. The van der Waals surface area contributed by atoms with Crippen LogP contribution >= 0.6 is 0 Å². The molecule has 106 valence electrons. The van der Waals surface area contributed by atoms with Gasteiger partial charge < -0.3 is 20.5 Å². The van der Waals surface area contributed by atoms with E-state index in [1.54, 1.807) is 0 Å². The van der Waals surface area contributed by atoms with Crippen LogP contribution in [0.2, 0.25) is 0 Å². The zero-order valence-electron chi connectivity index (χ0n) is 10.9. The molecule has 6 heteroatoms. The van der Waals surface area contributed by atoms with Crippen molar-refractivity contribution in [3.05, 3.63) is 29.8 Å².